The van der Waals surface area contributed by atoms with Crippen LogP contribution in [0.5, 0.6) is 0 Å². The van der Waals surface area contributed by atoms with Crippen LogP contribution in [0.15, 0.2) is 50.7 Å². The molecule has 136 valence electrons. The van der Waals surface area contributed by atoms with Crippen LogP contribution in [0.25, 0.3) is 17.4 Å². The molecule has 2 heterocycles. The van der Waals surface area contributed by atoms with Gasteiger partial charge in [-0.1, -0.05) is 11.6 Å². The number of amides is 1. The molecular weight excluding hydrogens is 368 g/mol. The van der Waals surface area contributed by atoms with E-state index in [9.17, 15) is 4.79 Å². The zero-order chi connectivity index (χ0) is 18.8. The van der Waals surface area contributed by atoms with Gasteiger partial charge in [0.15, 0.2) is 5.17 Å². The Hall–Kier alpha value is -1.98. The molecule has 0 spiro atoms. The van der Waals surface area contributed by atoms with Crippen molar-refractivity contribution in [3.63, 3.8) is 0 Å². The Morgan fingerprint density at radius 2 is 1.81 bits per heavy atom. The summed E-state index contributed by atoms with van der Waals surface area (Å²) in [4.78, 5) is 19.7. The molecule has 1 aromatic heterocycles. The van der Waals surface area contributed by atoms with Gasteiger partial charge in [-0.25, -0.2) is 0 Å². The number of nitrogens with zero attached hydrogens (tertiary/aromatic N) is 2. The number of amidine groups is 1. The van der Waals surface area contributed by atoms with Crippen molar-refractivity contribution in [3.05, 3.63) is 52.1 Å². The largest absolute Gasteiger partial charge is 0.457 e. The van der Waals surface area contributed by atoms with Gasteiger partial charge in [-0.15, -0.1) is 0 Å². The van der Waals surface area contributed by atoms with E-state index in [4.69, 9.17) is 16.0 Å². The number of furan rings is 1. The second-order valence-corrected chi connectivity index (χ2v) is 8.04. The third-order valence-electron chi connectivity index (χ3n) is 3.75. The van der Waals surface area contributed by atoms with E-state index < -0.39 is 0 Å². The maximum absolute atomic E-state index is 12.8. The lowest BCUT2D eigenvalue weighted by Crippen LogP contribution is -2.35. The predicted molar refractivity (Wildman–Crippen MR) is 109 cm³/mol. The molecule has 4 nitrogen and oxygen atoms in total. The Morgan fingerprint density at radius 1 is 1.12 bits per heavy atom. The standard InChI is InChI=1S/C20H21ClN2O2S/c1-12(2)22-20-23(13(3)4)19(24)18(26-20)11-16-9-10-17(25-16)14-5-7-15(21)8-6-14/h5-13H,1-4H3/b18-11+,22-20?. The highest BCUT2D eigenvalue weighted by molar-refractivity contribution is 8.18. The Bertz CT molecular complexity index is 866. The second-order valence-electron chi connectivity index (χ2n) is 6.59. The van der Waals surface area contributed by atoms with Gasteiger partial charge in [-0.2, -0.15) is 0 Å². The van der Waals surface area contributed by atoms with Crippen molar-refractivity contribution in [2.24, 2.45) is 4.99 Å². The molecule has 1 fully saturated rings. The van der Waals surface area contributed by atoms with E-state index in [0.717, 1.165) is 16.5 Å². The third kappa shape index (κ3) is 4.05. The molecule has 0 N–H and O–H groups in total. The number of benzene rings is 1. The minimum atomic E-state index is -0.0335. The molecule has 1 aromatic carbocycles. The smallest absolute Gasteiger partial charge is 0.267 e. The lowest BCUT2D eigenvalue weighted by Gasteiger charge is -2.20. The molecule has 6 heteroatoms. The molecule has 2 aromatic rings. The van der Waals surface area contributed by atoms with Crippen LogP contribution in [0.4, 0.5) is 0 Å². The van der Waals surface area contributed by atoms with Crippen LogP contribution in [0.3, 0.4) is 0 Å². The summed E-state index contributed by atoms with van der Waals surface area (Å²) in [6.45, 7) is 7.98. The van der Waals surface area contributed by atoms with Crippen molar-refractivity contribution in [3.8, 4) is 11.3 Å². The molecule has 1 amide bonds. The number of carbonyl (C=O) groups excluding carboxylic acids is 1. The van der Waals surface area contributed by atoms with Gasteiger partial charge in [0.1, 0.15) is 11.5 Å². The van der Waals surface area contributed by atoms with Gasteiger partial charge in [-0.05, 0) is 75.9 Å². The van der Waals surface area contributed by atoms with Gasteiger partial charge in [0.05, 0.1) is 4.91 Å². The fourth-order valence-electron chi connectivity index (χ4n) is 2.58. The Kier molecular flexibility index (Phi) is 5.58. The van der Waals surface area contributed by atoms with Gasteiger partial charge in [0, 0.05) is 28.7 Å². The summed E-state index contributed by atoms with van der Waals surface area (Å²) in [5.74, 6) is 1.34. The highest BCUT2D eigenvalue weighted by Crippen LogP contribution is 2.35. The molecule has 1 aliphatic heterocycles. The lowest BCUT2D eigenvalue weighted by atomic mass is 10.2. The Balaban J connectivity index is 1.88. The first-order chi connectivity index (χ1) is 12.3. The molecule has 26 heavy (non-hydrogen) atoms. The van der Waals surface area contributed by atoms with E-state index >= 15 is 0 Å². The van der Waals surface area contributed by atoms with Crippen molar-refractivity contribution < 1.29 is 9.21 Å². The minimum absolute atomic E-state index is 0.0335. The van der Waals surface area contributed by atoms with Crippen molar-refractivity contribution in [2.75, 3.05) is 0 Å². The second kappa shape index (κ2) is 7.72. The predicted octanol–water partition coefficient (Wildman–Crippen LogP) is 5.69. The summed E-state index contributed by atoms with van der Waals surface area (Å²) in [5.41, 5.74) is 0.940. The van der Waals surface area contributed by atoms with E-state index in [-0.39, 0.29) is 18.0 Å². The first-order valence-electron chi connectivity index (χ1n) is 8.52. The van der Waals surface area contributed by atoms with Crippen LogP contribution in [0.1, 0.15) is 33.5 Å². The topological polar surface area (TPSA) is 45.8 Å². The quantitative estimate of drug-likeness (QED) is 0.632. The normalized spacial score (nSPS) is 18.1. The van der Waals surface area contributed by atoms with Crippen molar-refractivity contribution in [2.45, 2.75) is 39.8 Å². The van der Waals surface area contributed by atoms with Crippen molar-refractivity contribution in [1.29, 1.82) is 0 Å². The van der Waals surface area contributed by atoms with Gasteiger partial charge >= 0.3 is 0 Å². The number of thioether (sulfide) groups is 1. The van der Waals surface area contributed by atoms with E-state index in [1.807, 2.05) is 64.1 Å². The van der Waals surface area contributed by atoms with Gasteiger partial charge in [-0.3, -0.25) is 14.7 Å². The summed E-state index contributed by atoms with van der Waals surface area (Å²) in [6.07, 6.45) is 1.78. The first-order valence-corrected chi connectivity index (χ1v) is 9.71. The molecule has 0 radical (unpaired) electrons. The summed E-state index contributed by atoms with van der Waals surface area (Å²) in [6, 6.07) is 11.4. The number of rotatable bonds is 4. The summed E-state index contributed by atoms with van der Waals surface area (Å²) < 4.78 is 5.89. The molecule has 1 aliphatic rings. The van der Waals surface area contributed by atoms with E-state index in [1.54, 1.807) is 11.0 Å². The number of hydrogen-bond acceptors (Lipinski definition) is 4. The van der Waals surface area contributed by atoms with Crippen LogP contribution in [-0.4, -0.2) is 28.1 Å². The Labute approximate surface area is 162 Å². The van der Waals surface area contributed by atoms with E-state index in [0.29, 0.717) is 15.7 Å². The molecule has 0 atom stereocenters. The van der Waals surface area contributed by atoms with E-state index in [1.165, 1.54) is 11.8 Å². The summed E-state index contributed by atoms with van der Waals surface area (Å²) in [7, 11) is 0. The number of hydrogen-bond donors (Lipinski definition) is 0. The molecule has 0 bridgehead atoms. The van der Waals surface area contributed by atoms with Crippen LogP contribution >= 0.6 is 23.4 Å². The number of carbonyl (C=O) groups is 1. The van der Waals surface area contributed by atoms with Crippen LogP contribution < -0.4 is 0 Å². The van der Waals surface area contributed by atoms with Crippen molar-refractivity contribution >= 4 is 40.5 Å². The van der Waals surface area contributed by atoms with Gasteiger partial charge in [0.25, 0.3) is 5.91 Å². The minimum Gasteiger partial charge on any atom is -0.457 e. The van der Waals surface area contributed by atoms with E-state index in [2.05, 4.69) is 4.99 Å². The highest BCUT2D eigenvalue weighted by atomic mass is 35.5. The maximum Gasteiger partial charge on any atom is 0.267 e. The summed E-state index contributed by atoms with van der Waals surface area (Å²) >= 11 is 7.32. The highest BCUT2D eigenvalue weighted by Gasteiger charge is 2.35. The molecule has 0 saturated carbocycles. The van der Waals surface area contributed by atoms with Crippen LogP contribution in [0, 0.1) is 0 Å². The lowest BCUT2D eigenvalue weighted by molar-refractivity contribution is -0.123. The Morgan fingerprint density at radius 3 is 2.42 bits per heavy atom. The molecule has 0 unspecified atom stereocenters. The summed E-state index contributed by atoms with van der Waals surface area (Å²) in [5, 5.41) is 1.43. The molecule has 1 saturated heterocycles. The maximum atomic E-state index is 12.8. The fourth-order valence-corrected chi connectivity index (χ4v) is 3.92. The van der Waals surface area contributed by atoms with Crippen LogP contribution in [-0.2, 0) is 4.79 Å². The first kappa shape index (κ1) is 18.8. The van der Waals surface area contributed by atoms with Gasteiger partial charge < -0.3 is 4.42 Å². The zero-order valence-corrected chi connectivity index (χ0v) is 16.8. The number of aliphatic imine (C=N–C) groups is 1. The fraction of sp³-hybridized carbons (Fsp3) is 0.300. The molecule has 0 aliphatic carbocycles. The SMILES string of the molecule is CC(C)N=C1S/C(=C/c2ccc(-c3ccc(Cl)cc3)o2)C(=O)N1C(C)C. The molecular formula is C20H21ClN2O2S. The average Bonchev–Trinajstić information content (AvgIpc) is 3.13. The van der Waals surface area contributed by atoms with Gasteiger partial charge in [0.2, 0.25) is 0 Å². The number of halogens is 1. The average molecular weight is 389 g/mol. The molecule has 3 rings (SSSR count). The van der Waals surface area contributed by atoms with Crippen LogP contribution in [0.2, 0.25) is 5.02 Å². The monoisotopic (exact) mass is 388 g/mol. The third-order valence-corrected chi connectivity index (χ3v) is 5.00. The van der Waals surface area contributed by atoms with Crippen molar-refractivity contribution in [1.82, 2.24) is 4.90 Å². The zero-order valence-electron chi connectivity index (χ0n) is 15.2.